The Morgan fingerprint density at radius 2 is 1.91 bits per heavy atom. The first-order chi connectivity index (χ1) is 10.6. The van der Waals surface area contributed by atoms with Gasteiger partial charge in [0.15, 0.2) is 0 Å². The smallest absolute Gasteiger partial charge is 0.271 e. The van der Waals surface area contributed by atoms with Crippen molar-refractivity contribution in [3.8, 4) is 0 Å². The topological polar surface area (TPSA) is 60.9 Å². The molecule has 0 bridgehead atoms. The molecule has 22 heavy (non-hydrogen) atoms. The van der Waals surface area contributed by atoms with Crippen LogP contribution in [0.25, 0.3) is 0 Å². The molecule has 0 radical (unpaired) electrons. The summed E-state index contributed by atoms with van der Waals surface area (Å²) in [5.74, 6) is 0. The molecule has 1 heterocycles. The van der Waals surface area contributed by atoms with Gasteiger partial charge in [-0.3, -0.25) is 4.79 Å². The maximum Gasteiger partial charge on any atom is 0.271 e. The van der Waals surface area contributed by atoms with E-state index in [9.17, 15) is 4.79 Å². The summed E-state index contributed by atoms with van der Waals surface area (Å²) < 4.78 is 1.55. The van der Waals surface area contributed by atoms with Crippen LogP contribution in [0, 0.1) is 6.92 Å². The van der Waals surface area contributed by atoms with Gasteiger partial charge in [0.05, 0.1) is 11.7 Å². The molecule has 0 saturated carbocycles. The fourth-order valence-corrected chi connectivity index (χ4v) is 2.52. The van der Waals surface area contributed by atoms with E-state index < -0.39 is 6.04 Å². The summed E-state index contributed by atoms with van der Waals surface area (Å²) in [5.41, 5.74) is 9.93. The van der Waals surface area contributed by atoms with Crippen molar-refractivity contribution in [1.82, 2.24) is 9.78 Å². The van der Waals surface area contributed by atoms with Crippen LogP contribution in [-0.4, -0.2) is 9.78 Å². The Morgan fingerprint density at radius 3 is 2.50 bits per heavy atom. The van der Waals surface area contributed by atoms with Gasteiger partial charge in [-0.15, -0.1) is 0 Å². The summed E-state index contributed by atoms with van der Waals surface area (Å²) in [6.45, 7) is 6.76. The minimum atomic E-state index is -0.409. The number of nitrogens with two attached hydrogens (primary N) is 1. The SMILES string of the molecule is CCCCn1nc(C)cc(C(N)c2ccc(CC)cc2)c1=O. The van der Waals surface area contributed by atoms with Crippen molar-refractivity contribution in [3.05, 3.63) is 63.1 Å². The molecule has 2 aromatic rings. The van der Waals surface area contributed by atoms with Crippen molar-refractivity contribution in [2.45, 2.75) is 52.6 Å². The molecule has 0 aliphatic rings. The third kappa shape index (κ3) is 3.63. The number of hydrogen-bond acceptors (Lipinski definition) is 3. The van der Waals surface area contributed by atoms with Crippen LogP contribution in [-0.2, 0) is 13.0 Å². The zero-order chi connectivity index (χ0) is 16.1. The van der Waals surface area contributed by atoms with E-state index in [2.05, 4.69) is 31.1 Å². The van der Waals surface area contributed by atoms with E-state index in [1.165, 1.54) is 5.56 Å². The first-order valence-electron chi connectivity index (χ1n) is 7.99. The molecule has 2 rings (SSSR count). The van der Waals surface area contributed by atoms with Crippen LogP contribution >= 0.6 is 0 Å². The molecule has 0 spiro atoms. The average Bonchev–Trinajstić information content (AvgIpc) is 2.54. The van der Waals surface area contributed by atoms with Crippen LogP contribution in [0.3, 0.4) is 0 Å². The maximum absolute atomic E-state index is 12.6. The fraction of sp³-hybridized carbons (Fsp3) is 0.444. The minimum absolute atomic E-state index is 0.0777. The quantitative estimate of drug-likeness (QED) is 0.892. The molecule has 4 nitrogen and oxygen atoms in total. The van der Waals surface area contributed by atoms with Crippen molar-refractivity contribution < 1.29 is 0 Å². The van der Waals surface area contributed by atoms with Crippen LogP contribution in [0.15, 0.2) is 35.1 Å². The van der Waals surface area contributed by atoms with Gasteiger partial charge in [0.1, 0.15) is 0 Å². The lowest BCUT2D eigenvalue weighted by Crippen LogP contribution is -2.31. The standard InChI is InChI=1S/C18H25N3O/c1-4-6-11-21-18(22)16(12-13(3)20-21)17(19)15-9-7-14(5-2)8-10-15/h7-10,12,17H,4-6,11,19H2,1-3H3. The Balaban J connectivity index is 2.37. The second-order valence-electron chi connectivity index (χ2n) is 5.70. The maximum atomic E-state index is 12.6. The molecule has 118 valence electrons. The Bertz CT molecular complexity index is 674. The van der Waals surface area contributed by atoms with Gasteiger partial charge < -0.3 is 5.73 Å². The summed E-state index contributed by atoms with van der Waals surface area (Å²) in [4.78, 5) is 12.6. The monoisotopic (exact) mass is 299 g/mol. The van der Waals surface area contributed by atoms with Gasteiger partial charge in [-0.05, 0) is 37.0 Å². The van der Waals surface area contributed by atoms with Crippen LogP contribution in [0.4, 0.5) is 0 Å². The highest BCUT2D eigenvalue weighted by Crippen LogP contribution is 2.18. The molecular weight excluding hydrogens is 274 g/mol. The van der Waals surface area contributed by atoms with E-state index in [4.69, 9.17) is 5.73 Å². The third-order valence-electron chi connectivity index (χ3n) is 3.93. The van der Waals surface area contributed by atoms with Gasteiger partial charge in [0, 0.05) is 12.1 Å². The predicted molar refractivity (Wildman–Crippen MR) is 90.0 cm³/mol. The van der Waals surface area contributed by atoms with Crippen LogP contribution in [0.2, 0.25) is 0 Å². The Labute approximate surface area is 132 Å². The number of nitrogens with zero attached hydrogens (tertiary/aromatic N) is 2. The first-order valence-corrected chi connectivity index (χ1v) is 7.99. The summed E-state index contributed by atoms with van der Waals surface area (Å²) in [5, 5.41) is 4.32. The number of unbranched alkanes of at least 4 members (excludes halogenated alkanes) is 1. The van der Waals surface area contributed by atoms with Gasteiger partial charge in [0.2, 0.25) is 0 Å². The Kier molecular flexibility index (Phi) is 5.50. The normalized spacial score (nSPS) is 12.4. The molecule has 1 atom stereocenters. The lowest BCUT2D eigenvalue weighted by Gasteiger charge is -2.15. The Hall–Kier alpha value is -1.94. The van der Waals surface area contributed by atoms with Crippen LogP contribution in [0.5, 0.6) is 0 Å². The largest absolute Gasteiger partial charge is 0.320 e. The molecule has 0 aliphatic carbocycles. The molecule has 0 amide bonds. The van der Waals surface area contributed by atoms with E-state index in [1.54, 1.807) is 4.68 Å². The first kappa shape index (κ1) is 16.4. The highest BCUT2D eigenvalue weighted by molar-refractivity contribution is 5.32. The van der Waals surface area contributed by atoms with Crippen molar-refractivity contribution in [2.75, 3.05) is 0 Å². The van der Waals surface area contributed by atoms with Crippen molar-refractivity contribution in [1.29, 1.82) is 0 Å². The molecular formula is C18H25N3O. The highest BCUT2D eigenvalue weighted by atomic mass is 16.1. The van der Waals surface area contributed by atoms with Gasteiger partial charge >= 0.3 is 0 Å². The number of aryl methyl sites for hydroxylation is 3. The number of hydrogen-bond donors (Lipinski definition) is 1. The Morgan fingerprint density at radius 1 is 1.23 bits per heavy atom. The van der Waals surface area contributed by atoms with Gasteiger partial charge in [-0.1, -0.05) is 44.5 Å². The number of aromatic nitrogens is 2. The summed E-state index contributed by atoms with van der Waals surface area (Å²) in [6, 6.07) is 9.55. The molecule has 1 unspecified atom stereocenters. The van der Waals surface area contributed by atoms with Gasteiger partial charge in [-0.2, -0.15) is 5.10 Å². The van der Waals surface area contributed by atoms with Crippen molar-refractivity contribution >= 4 is 0 Å². The summed E-state index contributed by atoms with van der Waals surface area (Å²) in [6.07, 6.45) is 2.96. The molecule has 0 aliphatic heterocycles. The van der Waals surface area contributed by atoms with Crippen LogP contribution in [0.1, 0.15) is 55.1 Å². The zero-order valence-electron chi connectivity index (χ0n) is 13.7. The number of rotatable bonds is 6. The van der Waals surface area contributed by atoms with E-state index in [0.717, 1.165) is 30.5 Å². The molecule has 2 N–H and O–H groups in total. The lowest BCUT2D eigenvalue weighted by molar-refractivity contribution is 0.529. The molecule has 1 aromatic carbocycles. The summed E-state index contributed by atoms with van der Waals surface area (Å²) >= 11 is 0. The zero-order valence-corrected chi connectivity index (χ0v) is 13.7. The summed E-state index contributed by atoms with van der Waals surface area (Å²) in [7, 11) is 0. The van der Waals surface area contributed by atoms with Crippen LogP contribution < -0.4 is 11.3 Å². The third-order valence-corrected chi connectivity index (χ3v) is 3.93. The highest BCUT2D eigenvalue weighted by Gasteiger charge is 2.15. The average molecular weight is 299 g/mol. The van der Waals surface area contributed by atoms with E-state index >= 15 is 0 Å². The molecule has 1 aromatic heterocycles. The van der Waals surface area contributed by atoms with E-state index in [0.29, 0.717) is 12.1 Å². The lowest BCUT2D eigenvalue weighted by atomic mass is 9.99. The molecule has 4 heteroatoms. The second kappa shape index (κ2) is 7.36. The van der Waals surface area contributed by atoms with Gasteiger partial charge in [-0.25, -0.2) is 4.68 Å². The van der Waals surface area contributed by atoms with E-state index in [-0.39, 0.29) is 5.56 Å². The second-order valence-corrected chi connectivity index (χ2v) is 5.70. The predicted octanol–water partition coefficient (Wildman–Crippen LogP) is 2.96. The minimum Gasteiger partial charge on any atom is -0.320 e. The van der Waals surface area contributed by atoms with E-state index in [1.807, 2.05) is 25.1 Å². The number of benzene rings is 1. The van der Waals surface area contributed by atoms with Gasteiger partial charge in [0.25, 0.3) is 5.56 Å². The van der Waals surface area contributed by atoms with Crippen molar-refractivity contribution in [2.24, 2.45) is 5.73 Å². The molecule has 0 fully saturated rings. The molecule has 0 saturated heterocycles. The van der Waals surface area contributed by atoms with Crippen molar-refractivity contribution in [3.63, 3.8) is 0 Å². The fourth-order valence-electron chi connectivity index (χ4n) is 2.52.